The van der Waals surface area contributed by atoms with Crippen LogP contribution in [0.3, 0.4) is 0 Å². The monoisotopic (exact) mass is 455 g/mol. The Bertz CT molecular complexity index is 1060. The molecule has 8 heteroatoms. The number of anilines is 1. The van der Waals surface area contributed by atoms with Crippen LogP contribution < -0.4 is 4.90 Å². The summed E-state index contributed by atoms with van der Waals surface area (Å²) in [6.07, 6.45) is 1.82. The molecule has 3 aromatic rings. The van der Waals surface area contributed by atoms with E-state index in [1.165, 1.54) is 11.9 Å². The Morgan fingerprint density at radius 2 is 1.84 bits per heavy atom. The first-order valence-corrected chi connectivity index (χ1v) is 10.8. The van der Waals surface area contributed by atoms with E-state index < -0.39 is 5.97 Å². The molecule has 31 heavy (non-hydrogen) atoms. The number of rotatable bonds is 9. The summed E-state index contributed by atoms with van der Waals surface area (Å²) in [6, 6.07) is 14.7. The van der Waals surface area contributed by atoms with Crippen LogP contribution in [0.2, 0.25) is 5.02 Å². The van der Waals surface area contributed by atoms with E-state index in [4.69, 9.17) is 21.7 Å². The van der Waals surface area contributed by atoms with Crippen LogP contribution in [0, 0.1) is 0 Å². The number of nitrogens with zero attached hydrogens (tertiary/aromatic N) is 3. The zero-order valence-electron chi connectivity index (χ0n) is 17.0. The third-order valence-corrected chi connectivity index (χ3v) is 5.70. The number of hydrogen-bond acceptors (Lipinski definition) is 5. The first-order valence-electron chi connectivity index (χ1n) is 9.51. The lowest BCUT2D eigenvalue weighted by molar-refractivity contribution is -0.137. The highest BCUT2D eigenvalue weighted by Gasteiger charge is 2.15. The molecule has 2 aromatic carbocycles. The van der Waals surface area contributed by atoms with Gasteiger partial charge in [-0.1, -0.05) is 41.9 Å². The third kappa shape index (κ3) is 5.93. The maximum absolute atomic E-state index is 12.3. The lowest BCUT2D eigenvalue weighted by atomic mass is 10.1. The lowest BCUT2D eigenvalue weighted by Gasteiger charge is -2.20. The molecule has 6 nitrogen and oxygen atoms in total. The molecule has 0 bridgehead atoms. The SMILES string of the molecule is C=CCN(Cc1ccc(C(=O)N(C)CC(=O)O)cc1)c1nc(-c2ccc(Cl)cc2)cs1. The minimum atomic E-state index is -1.05. The van der Waals surface area contributed by atoms with E-state index in [9.17, 15) is 9.59 Å². The Balaban J connectivity index is 1.73. The fourth-order valence-electron chi connectivity index (χ4n) is 3.00. The number of carbonyl (C=O) groups excluding carboxylic acids is 1. The third-order valence-electron chi connectivity index (χ3n) is 4.55. The molecule has 0 unspecified atom stereocenters. The molecule has 1 heterocycles. The van der Waals surface area contributed by atoms with Crippen molar-refractivity contribution in [1.29, 1.82) is 0 Å². The van der Waals surface area contributed by atoms with Gasteiger partial charge in [-0.3, -0.25) is 9.59 Å². The van der Waals surface area contributed by atoms with Crippen LogP contribution in [0.15, 0.2) is 66.6 Å². The maximum atomic E-state index is 12.3. The van der Waals surface area contributed by atoms with Gasteiger partial charge >= 0.3 is 5.97 Å². The summed E-state index contributed by atoms with van der Waals surface area (Å²) in [5, 5.41) is 12.4. The van der Waals surface area contributed by atoms with Crippen molar-refractivity contribution in [3.05, 3.63) is 82.7 Å². The molecule has 0 aliphatic heterocycles. The lowest BCUT2D eigenvalue weighted by Crippen LogP contribution is -2.31. The quantitative estimate of drug-likeness (QED) is 0.468. The number of carboxylic acid groups (broad SMARTS) is 1. The van der Waals surface area contributed by atoms with Crippen LogP contribution in [0.1, 0.15) is 15.9 Å². The van der Waals surface area contributed by atoms with Crippen LogP contribution in [-0.2, 0) is 11.3 Å². The predicted octanol–water partition coefficient (Wildman–Crippen LogP) is 4.81. The molecule has 0 saturated carbocycles. The molecule has 0 aliphatic carbocycles. The second-order valence-corrected chi connectivity index (χ2v) is 8.22. The molecule has 0 aliphatic rings. The molecule has 0 fully saturated rings. The standard InChI is InChI=1S/C23H22ClN3O3S/c1-3-12-27(23-25-20(15-31-23)17-8-10-19(24)11-9-17)13-16-4-6-18(7-5-16)22(30)26(2)14-21(28)29/h3-11,15H,1,12-14H2,2H3,(H,28,29). The molecule has 160 valence electrons. The van der Waals surface area contributed by atoms with Crippen molar-refractivity contribution in [2.45, 2.75) is 6.54 Å². The van der Waals surface area contributed by atoms with Gasteiger partial charge in [0.1, 0.15) is 6.54 Å². The summed E-state index contributed by atoms with van der Waals surface area (Å²) in [5.74, 6) is -1.38. The van der Waals surface area contributed by atoms with E-state index >= 15 is 0 Å². The van der Waals surface area contributed by atoms with Gasteiger partial charge in [0.2, 0.25) is 0 Å². The molecule has 1 aromatic heterocycles. The van der Waals surface area contributed by atoms with Gasteiger partial charge in [-0.05, 0) is 29.8 Å². The summed E-state index contributed by atoms with van der Waals surface area (Å²) in [4.78, 5) is 31.2. The highest BCUT2D eigenvalue weighted by molar-refractivity contribution is 7.14. The Morgan fingerprint density at radius 3 is 2.45 bits per heavy atom. The van der Waals surface area contributed by atoms with Crippen LogP contribution in [-0.4, -0.2) is 47.0 Å². The van der Waals surface area contributed by atoms with E-state index in [2.05, 4.69) is 11.5 Å². The highest BCUT2D eigenvalue weighted by Crippen LogP contribution is 2.29. The van der Waals surface area contributed by atoms with Crippen LogP contribution in [0.4, 0.5) is 5.13 Å². The molecule has 1 amide bonds. The predicted molar refractivity (Wildman–Crippen MR) is 125 cm³/mol. The zero-order valence-corrected chi connectivity index (χ0v) is 18.6. The minimum absolute atomic E-state index is 0.329. The van der Waals surface area contributed by atoms with Gasteiger partial charge < -0.3 is 14.9 Å². The van der Waals surface area contributed by atoms with Gasteiger partial charge in [0.25, 0.3) is 5.91 Å². The number of aromatic nitrogens is 1. The number of halogens is 1. The topological polar surface area (TPSA) is 73.7 Å². The van der Waals surface area contributed by atoms with Crippen molar-refractivity contribution < 1.29 is 14.7 Å². The first-order chi connectivity index (χ1) is 14.9. The number of likely N-dealkylation sites (N-methyl/N-ethyl adjacent to an activating group) is 1. The Kier molecular flexibility index (Phi) is 7.44. The molecule has 0 radical (unpaired) electrons. The number of carbonyl (C=O) groups is 2. The van der Waals surface area contributed by atoms with Crippen molar-refractivity contribution in [2.24, 2.45) is 0 Å². The van der Waals surface area contributed by atoms with E-state index in [-0.39, 0.29) is 12.5 Å². The summed E-state index contributed by atoms with van der Waals surface area (Å²) in [5.41, 5.74) is 3.33. The largest absolute Gasteiger partial charge is 0.480 e. The number of amides is 1. The smallest absolute Gasteiger partial charge is 0.323 e. The summed E-state index contributed by atoms with van der Waals surface area (Å²) in [7, 11) is 1.47. The Morgan fingerprint density at radius 1 is 1.16 bits per heavy atom. The average molecular weight is 456 g/mol. The van der Waals surface area contributed by atoms with E-state index in [0.717, 1.165) is 22.0 Å². The van der Waals surface area contributed by atoms with Gasteiger partial charge in [0, 0.05) is 41.7 Å². The summed E-state index contributed by atoms with van der Waals surface area (Å²) in [6.45, 7) is 4.72. The van der Waals surface area contributed by atoms with Crippen LogP contribution in [0.5, 0.6) is 0 Å². The van der Waals surface area contributed by atoms with Gasteiger partial charge in [-0.25, -0.2) is 4.98 Å². The fraction of sp³-hybridized carbons (Fsp3) is 0.174. The average Bonchev–Trinajstić information content (AvgIpc) is 3.23. The number of benzene rings is 2. The van der Waals surface area contributed by atoms with Crippen molar-refractivity contribution in [2.75, 3.05) is 25.0 Å². The molecule has 0 saturated heterocycles. The number of thiazole rings is 1. The number of carboxylic acids is 1. The zero-order chi connectivity index (χ0) is 22.4. The summed E-state index contributed by atoms with van der Waals surface area (Å²) < 4.78 is 0. The van der Waals surface area contributed by atoms with E-state index in [1.807, 2.05) is 47.9 Å². The second-order valence-electron chi connectivity index (χ2n) is 6.94. The molecular weight excluding hydrogens is 434 g/mol. The molecule has 0 atom stereocenters. The van der Waals surface area contributed by atoms with Crippen LogP contribution >= 0.6 is 22.9 Å². The minimum Gasteiger partial charge on any atom is -0.480 e. The molecular formula is C23H22ClN3O3S. The Hall–Kier alpha value is -3.16. The number of aliphatic carboxylic acids is 1. The van der Waals surface area contributed by atoms with Gasteiger partial charge in [0.15, 0.2) is 5.13 Å². The van der Waals surface area contributed by atoms with Gasteiger partial charge in [0.05, 0.1) is 5.69 Å². The van der Waals surface area contributed by atoms with Crippen molar-refractivity contribution in [3.8, 4) is 11.3 Å². The molecule has 1 N–H and O–H groups in total. The fourth-order valence-corrected chi connectivity index (χ4v) is 3.97. The van der Waals surface area contributed by atoms with Crippen molar-refractivity contribution in [3.63, 3.8) is 0 Å². The van der Waals surface area contributed by atoms with Crippen LogP contribution in [0.25, 0.3) is 11.3 Å². The second kappa shape index (κ2) is 10.2. The molecule has 0 spiro atoms. The van der Waals surface area contributed by atoms with E-state index in [1.54, 1.807) is 23.5 Å². The summed E-state index contributed by atoms with van der Waals surface area (Å²) >= 11 is 7.52. The van der Waals surface area contributed by atoms with Crippen molar-refractivity contribution >= 4 is 39.9 Å². The van der Waals surface area contributed by atoms with Gasteiger partial charge in [-0.15, -0.1) is 17.9 Å². The molecule has 3 rings (SSSR count). The maximum Gasteiger partial charge on any atom is 0.323 e. The van der Waals surface area contributed by atoms with E-state index in [0.29, 0.717) is 23.7 Å². The van der Waals surface area contributed by atoms with Crippen molar-refractivity contribution in [1.82, 2.24) is 9.88 Å². The Labute approximate surface area is 190 Å². The highest BCUT2D eigenvalue weighted by atomic mass is 35.5. The normalized spacial score (nSPS) is 10.5. The number of hydrogen-bond donors (Lipinski definition) is 1. The van der Waals surface area contributed by atoms with Gasteiger partial charge in [-0.2, -0.15) is 0 Å². The first kappa shape index (κ1) is 22.5.